The highest BCUT2D eigenvalue weighted by Crippen LogP contribution is 2.38. The second-order valence-electron chi connectivity index (χ2n) is 10.1. The van der Waals surface area contributed by atoms with Gasteiger partial charge in [-0.25, -0.2) is 9.78 Å². The van der Waals surface area contributed by atoms with Gasteiger partial charge in [0, 0.05) is 15.8 Å². The highest BCUT2D eigenvalue weighted by molar-refractivity contribution is 7.99. The van der Waals surface area contributed by atoms with E-state index in [1.54, 1.807) is 11.5 Å². The Labute approximate surface area is 245 Å². The average Bonchev–Trinajstić information content (AvgIpc) is 3.42. The lowest BCUT2D eigenvalue weighted by atomic mass is 10.1. The standard InChI is InChI=1S/C31H30N4O4S2/c1-3-39-30(38)25-21-10-5-4-6-12-23(21)41-28(25)33-24(36)17-40-31-34-26-20-9-7-8-11-22(20)32-27(26)29(37)35(31)19-15-13-18(2)14-16-19/h7-9,11,13-16,32H,3-6,10,12,17H2,1-2H3,(H,33,36). The number of aryl methyl sites for hydroxylation is 2. The number of para-hydroxylation sites is 1. The number of anilines is 1. The summed E-state index contributed by atoms with van der Waals surface area (Å²) in [6.45, 7) is 4.04. The smallest absolute Gasteiger partial charge is 0.341 e. The van der Waals surface area contributed by atoms with Crippen LogP contribution in [0.2, 0.25) is 0 Å². The first-order valence-corrected chi connectivity index (χ1v) is 15.6. The number of aromatic nitrogens is 3. The molecule has 10 heteroatoms. The molecule has 0 unspecified atom stereocenters. The van der Waals surface area contributed by atoms with Crippen LogP contribution in [0.5, 0.6) is 0 Å². The van der Waals surface area contributed by atoms with Gasteiger partial charge < -0.3 is 15.0 Å². The van der Waals surface area contributed by atoms with E-state index in [0.717, 1.165) is 59.0 Å². The molecule has 41 heavy (non-hydrogen) atoms. The predicted octanol–water partition coefficient (Wildman–Crippen LogP) is 6.41. The van der Waals surface area contributed by atoms with Crippen molar-refractivity contribution in [3.8, 4) is 5.69 Å². The minimum Gasteiger partial charge on any atom is -0.462 e. The SMILES string of the molecule is CCOC(=O)c1c(NC(=O)CSc2nc3c([nH]c4ccccc43)c(=O)n2-c2ccc(C)cc2)sc2c1CCCCC2. The van der Waals surface area contributed by atoms with Gasteiger partial charge in [0.2, 0.25) is 5.91 Å². The van der Waals surface area contributed by atoms with Crippen LogP contribution in [0.15, 0.2) is 58.5 Å². The summed E-state index contributed by atoms with van der Waals surface area (Å²) in [5, 5.41) is 4.78. The zero-order chi connectivity index (χ0) is 28.5. The molecule has 1 amide bonds. The number of hydrogen-bond acceptors (Lipinski definition) is 7. The molecule has 3 heterocycles. The summed E-state index contributed by atoms with van der Waals surface area (Å²) in [6, 6.07) is 15.3. The van der Waals surface area contributed by atoms with Crippen LogP contribution in [0.4, 0.5) is 5.00 Å². The zero-order valence-corrected chi connectivity index (χ0v) is 24.5. The molecule has 6 rings (SSSR count). The number of hydrogen-bond donors (Lipinski definition) is 2. The molecule has 0 saturated carbocycles. The second kappa shape index (κ2) is 11.5. The van der Waals surface area contributed by atoms with Crippen LogP contribution < -0.4 is 10.9 Å². The highest BCUT2D eigenvalue weighted by Gasteiger charge is 2.27. The number of carbonyl (C=O) groups is 2. The maximum atomic E-state index is 13.8. The third kappa shape index (κ3) is 5.29. The topological polar surface area (TPSA) is 106 Å². The maximum absolute atomic E-state index is 13.8. The number of aromatic amines is 1. The van der Waals surface area contributed by atoms with Crippen molar-refractivity contribution >= 4 is 61.9 Å². The average molecular weight is 587 g/mol. The number of nitrogens with zero attached hydrogens (tertiary/aromatic N) is 2. The van der Waals surface area contributed by atoms with Gasteiger partial charge in [0.25, 0.3) is 5.56 Å². The first-order chi connectivity index (χ1) is 19.9. The molecule has 1 aliphatic carbocycles. The first-order valence-electron chi connectivity index (χ1n) is 13.8. The molecular weight excluding hydrogens is 556 g/mol. The van der Waals surface area contributed by atoms with E-state index in [-0.39, 0.29) is 23.8 Å². The van der Waals surface area contributed by atoms with Gasteiger partial charge in [-0.2, -0.15) is 0 Å². The maximum Gasteiger partial charge on any atom is 0.341 e. The Morgan fingerprint density at radius 2 is 1.88 bits per heavy atom. The Morgan fingerprint density at radius 3 is 2.68 bits per heavy atom. The van der Waals surface area contributed by atoms with E-state index in [9.17, 15) is 14.4 Å². The van der Waals surface area contributed by atoms with Crippen molar-refractivity contribution in [2.45, 2.75) is 51.1 Å². The van der Waals surface area contributed by atoms with E-state index in [4.69, 9.17) is 9.72 Å². The van der Waals surface area contributed by atoms with Crippen molar-refractivity contribution in [1.82, 2.24) is 14.5 Å². The monoisotopic (exact) mass is 586 g/mol. The molecule has 0 aliphatic heterocycles. The molecule has 0 saturated heterocycles. The van der Waals surface area contributed by atoms with Crippen molar-refractivity contribution in [3.63, 3.8) is 0 Å². The van der Waals surface area contributed by atoms with Gasteiger partial charge >= 0.3 is 5.97 Å². The van der Waals surface area contributed by atoms with Crippen LogP contribution in [-0.2, 0) is 22.4 Å². The third-order valence-corrected chi connectivity index (χ3v) is 9.42. The van der Waals surface area contributed by atoms with Crippen LogP contribution in [0.25, 0.3) is 27.6 Å². The van der Waals surface area contributed by atoms with E-state index >= 15 is 0 Å². The van der Waals surface area contributed by atoms with Gasteiger partial charge in [-0.05, 0) is 63.3 Å². The molecule has 2 aromatic carbocycles. The minimum absolute atomic E-state index is 0.0109. The second-order valence-corrected chi connectivity index (χ2v) is 12.1. The molecule has 0 fully saturated rings. The third-order valence-electron chi connectivity index (χ3n) is 7.27. The molecule has 0 spiro atoms. The number of H-pyrrole nitrogens is 1. The summed E-state index contributed by atoms with van der Waals surface area (Å²) >= 11 is 2.66. The molecule has 0 radical (unpaired) electrons. The van der Waals surface area contributed by atoms with Crippen molar-refractivity contribution in [2.75, 3.05) is 17.7 Å². The molecule has 0 atom stereocenters. The number of thioether (sulfide) groups is 1. The van der Waals surface area contributed by atoms with Gasteiger partial charge in [0.15, 0.2) is 5.16 Å². The number of carbonyl (C=O) groups excluding carboxylic acids is 2. The van der Waals surface area contributed by atoms with Crippen LogP contribution in [0.3, 0.4) is 0 Å². The summed E-state index contributed by atoms with van der Waals surface area (Å²) in [7, 11) is 0. The predicted molar refractivity (Wildman–Crippen MR) is 165 cm³/mol. The fourth-order valence-electron chi connectivity index (χ4n) is 5.30. The summed E-state index contributed by atoms with van der Waals surface area (Å²) in [4.78, 5) is 49.3. The number of amides is 1. The molecular formula is C31H30N4O4S2. The van der Waals surface area contributed by atoms with Gasteiger partial charge in [0.05, 0.1) is 23.6 Å². The molecule has 8 nitrogen and oxygen atoms in total. The number of benzene rings is 2. The lowest BCUT2D eigenvalue weighted by Crippen LogP contribution is -2.23. The van der Waals surface area contributed by atoms with Crippen LogP contribution in [-0.4, -0.2) is 38.8 Å². The highest BCUT2D eigenvalue weighted by atomic mass is 32.2. The fourth-order valence-corrected chi connectivity index (χ4v) is 7.40. The van der Waals surface area contributed by atoms with E-state index in [0.29, 0.717) is 32.4 Å². The summed E-state index contributed by atoms with van der Waals surface area (Å²) in [5.74, 6) is -0.660. The zero-order valence-electron chi connectivity index (χ0n) is 22.9. The Kier molecular flexibility index (Phi) is 7.68. The summed E-state index contributed by atoms with van der Waals surface area (Å²) in [5.41, 5.74) is 4.82. The lowest BCUT2D eigenvalue weighted by molar-refractivity contribution is -0.113. The van der Waals surface area contributed by atoms with Gasteiger partial charge in [-0.15, -0.1) is 11.3 Å². The van der Waals surface area contributed by atoms with Gasteiger partial charge in [0.1, 0.15) is 16.0 Å². The van der Waals surface area contributed by atoms with Crippen molar-refractivity contribution in [1.29, 1.82) is 0 Å². The van der Waals surface area contributed by atoms with Crippen molar-refractivity contribution in [2.24, 2.45) is 0 Å². The molecule has 210 valence electrons. The Bertz CT molecular complexity index is 1840. The Morgan fingerprint density at radius 1 is 1.10 bits per heavy atom. The Balaban J connectivity index is 1.34. The van der Waals surface area contributed by atoms with Crippen LogP contribution >= 0.6 is 23.1 Å². The van der Waals surface area contributed by atoms with E-state index < -0.39 is 5.97 Å². The van der Waals surface area contributed by atoms with E-state index in [1.807, 2.05) is 55.5 Å². The van der Waals surface area contributed by atoms with E-state index in [2.05, 4.69) is 10.3 Å². The molecule has 2 N–H and O–H groups in total. The quantitative estimate of drug-likeness (QED) is 0.0988. The number of esters is 1. The molecule has 5 aromatic rings. The molecule has 3 aromatic heterocycles. The number of fused-ring (bicyclic) bond motifs is 4. The number of nitrogens with one attached hydrogen (secondary N) is 2. The molecule has 0 bridgehead atoms. The van der Waals surface area contributed by atoms with E-state index in [1.165, 1.54) is 23.1 Å². The van der Waals surface area contributed by atoms with Crippen molar-refractivity contribution in [3.05, 3.63) is 80.5 Å². The first kappa shape index (κ1) is 27.3. The van der Waals surface area contributed by atoms with Gasteiger partial charge in [-0.1, -0.05) is 54.1 Å². The number of thiophene rings is 1. The fraction of sp³-hybridized carbons (Fsp3) is 0.290. The van der Waals surface area contributed by atoms with Crippen molar-refractivity contribution < 1.29 is 14.3 Å². The number of ether oxygens (including phenoxy) is 1. The molecule has 1 aliphatic rings. The summed E-state index contributed by atoms with van der Waals surface area (Å²) in [6.07, 6.45) is 4.91. The van der Waals surface area contributed by atoms with Crippen LogP contribution in [0, 0.1) is 6.92 Å². The van der Waals surface area contributed by atoms with Crippen LogP contribution in [0.1, 0.15) is 52.5 Å². The lowest BCUT2D eigenvalue weighted by Gasteiger charge is -2.13. The normalized spacial score (nSPS) is 13.2. The van der Waals surface area contributed by atoms with Gasteiger partial charge in [-0.3, -0.25) is 14.2 Å². The Hall–Kier alpha value is -3.89. The largest absolute Gasteiger partial charge is 0.462 e. The minimum atomic E-state index is -0.394. The summed E-state index contributed by atoms with van der Waals surface area (Å²) < 4.78 is 6.91. The number of rotatable bonds is 7.